The van der Waals surface area contributed by atoms with E-state index < -0.39 is 24.2 Å². The van der Waals surface area contributed by atoms with E-state index in [-0.39, 0.29) is 23.3 Å². The largest absolute Gasteiger partial charge is 0.480 e. The van der Waals surface area contributed by atoms with E-state index in [0.29, 0.717) is 11.5 Å². The maximum absolute atomic E-state index is 11.4. The Morgan fingerprint density at radius 1 is 1.06 bits per heavy atom. The number of hydrogen-bond donors (Lipinski definition) is 4. The molecule has 0 aliphatic rings. The maximum atomic E-state index is 11.4. The van der Waals surface area contributed by atoms with Crippen LogP contribution in [-0.2, 0) is 19.2 Å². The van der Waals surface area contributed by atoms with Crippen LogP contribution in [0.4, 0.5) is 0 Å². The lowest BCUT2D eigenvalue weighted by molar-refractivity contribution is -0.140. The van der Waals surface area contributed by atoms with Crippen LogP contribution in [0, 0.1) is 0 Å². The number of carbonyl (C=O) groups is 4. The number of aliphatic hydroxyl groups is 1. The molecule has 0 fully saturated rings. The first kappa shape index (κ1) is 30.4. The quantitative estimate of drug-likeness (QED) is 0.116. The van der Waals surface area contributed by atoms with Gasteiger partial charge in [0.05, 0.1) is 6.61 Å². The van der Waals surface area contributed by atoms with Crippen molar-refractivity contribution in [2.24, 2.45) is 0 Å². The summed E-state index contributed by atoms with van der Waals surface area (Å²) >= 11 is 0. The van der Waals surface area contributed by atoms with Gasteiger partial charge in [0, 0.05) is 36.4 Å². The van der Waals surface area contributed by atoms with Gasteiger partial charge in [-0.05, 0) is 12.8 Å². The number of unbranched alkanes of at least 4 members (excludes halogenated alkanes) is 2. The Kier molecular flexibility index (Phi) is 17.6. The molecule has 0 saturated carbocycles. The number of aliphatic carboxylic acids is 1. The predicted octanol–water partition coefficient (Wildman–Crippen LogP) is 2.74. The summed E-state index contributed by atoms with van der Waals surface area (Å²) < 4.78 is 0. The molecule has 0 heterocycles. The molecule has 3 unspecified atom stereocenters. The molecular weight excluding hydrogens is 480 g/mol. The van der Waals surface area contributed by atoms with Crippen molar-refractivity contribution in [3.63, 3.8) is 0 Å². The lowest BCUT2D eigenvalue weighted by Gasteiger charge is -2.26. The number of carbonyl (C=O) groups excluding carboxylic acids is 3. The van der Waals surface area contributed by atoms with Gasteiger partial charge in [0.25, 0.3) is 0 Å². The van der Waals surface area contributed by atoms with Crippen LogP contribution in [0.2, 0.25) is 0 Å². The number of rotatable bonds is 19. The highest BCUT2D eigenvalue weighted by Gasteiger charge is 2.30. The molecule has 4 N–H and O–H groups in total. The first-order valence-corrected chi connectivity index (χ1v) is 14.9. The van der Waals surface area contributed by atoms with Crippen LogP contribution in [0.3, 0.4) is 0 Å². The van der Waals surface area contributed by atoms with E-state index >= 15 is 0 Å². The Morgan fingerprint density at radius 3 is 2.29 bits per heavy atom. The highest BCUT2D eigenvalue weighted by atomic mass is 33.1. The van der Waals surface area contributed by atoms with Crippen molar-refractivity contribution >= 4 is 67.2 Å². The molecule has 0 aliphatic carbocycles. The smallest absolute Gasteiger partial charge is 0.327 e. The molecule has 180 valence electrons. The van der Waals surface area contributed by atoms with Gasteiger partial charge in [-0.2, -0.15) is 0 Å². The van der Waals surface area contributed by atoms with Crippen LogP contribution in [0.5, 0.6) is 0 Å². The van der Waals surface area contributed by atoms with Crippen LogP contribution < -0.4 is 10.6 Å². The van der Waals surface area contributed by atoms with E-state index in [4.69, 9.17) is 5.11 Å². The van der Waals surface area contributed by atoms with Gasteiger partial charge in [-0.15, -0.1) is 0 Å². The zero-order valence-corrected chi connectivity index (χ0v) is 21.5. The number of amides is 2. The van der Waals surface area contributed by atoms with Crippen LogP contribution >= 0.6 is 43.2 Å². The fourth-order valence-electron chi connectivity index (χ4n) is 2.45. The van der Waals surface area contributed by atoms with Gasteiger partial charge in [0.1, 0.15) is 17.9 Å². The fourth-order valence-corrected chi connectivity index (χ4v) is 8.06. The Bertz CT molecular complexity index is 570. The summed E-state index contributed by atoms with van der Waals surface area (Å²) in [6.45, 7) is 4.31. The summed E-state index contributed by atoms with van der Waals surface area (Å²) in [6.07, 6.45) is 5.88. The molecule has 0 aromatic heterocycles. The van der Waals surface area contributed by atoms with Gasteiger partial charge < -0.3 is 25.6 Å². The molecular formula is C19H34N2O6S4. The number of aldehydes is 1. The van der Waals surface area contributed by atoms with Crippen LogP contribution in [-0.4, -0.2) is 75.0 Å². The molecule has 0 aromatic rings. The summed E-state index contributed by atoms with van der Waals surface area (Å²) in [7, 11) is 6.12. The second-order valence-corrected chi connectivity index (χ2v) is 12.4. The van der Waals surface area contributed by atoms with Crippen molar-refractivity contribution in [2.75, 3.05) is 23.9 Å². The minimum Gasteiger partial charge on any atom is -0.480 e. The second kappa shape index (κ2) is 17.9. The van der Waals surface area contributed by atoms with Crippen molar-refractivity contribution in [3.8, 4) is 0 Å². The molecule has 0 spiro atoms. The highest BCUT2D eigenvalue weighted by molar-refractivity contribution is 8.77. The van der Waals surface area contributed by atoms with E-state index in [1.54, 1.807) is 21.6 Å². The van der Waals surface area contributed by atoms with Crippen molar-refractivity contribution < 1.29 is 29.4 Å². The zero-order chi connectivity index (χ0) is 23.7. The molecule has 8 nitrogen and oxygen atoms in total. The summed E-state index contributed by atoms with van der Waals surface area (Å²) in [5, 5.41) is 24.0. The van der Waals surface area contributed by atoms with E-state index in [2.05, 4.69) is 17.6 Å². The molecule has 0 aromatic carbocycles. The Hall–Kier alpha value is -0.560. The molecule has 31 heavy (non-hydrogen) atoms. The van der Waals surface area contributed by atoms with Gasteiger partial charge in [-0.1, -0.05) is 69.4 Å². The topological polar surface area (TPSA) is 133 Å². The molecule has 0 radical (unpaired) electrons. The van der Waals surface area contributed by atoms with E-state index in [1.165, 1.54) is 35.4 Å². The third-order valence-corrected chi connectivity index (χ3v) is 9.64. The monoisotopic (exact) mass is 514 g/mol. The first-order valence-electron chi connectivity index (χ1n) is 10.1. The third kappa shape index (κ3) is 15.0. The van der Waals surface area contributed by atoms with Crippen molar-refractivity contribution in [1.29, 1.82) is 0 Å². The van der Waals surface area contributed by atoms with E-state index in [1.807, 2.05) is 0 Å². The van der Waals surface area contributed by atoms with E-state index in [9.17, 15) is 24.3 Å². The average molecular weight is 515 g/mol. The molecule has 0 bridgehead atoms. The summed E-state index contributed by atoms with van der Waals surface area (Å²) in [4.78, 5) is 45.0. The SMILES string of the molecule is CCCCCC(CCSSCC(NC(C)=O)C(=O)O)SSCC(C=O)(CO)NC(C)=O. The molecule has 0 saturated heterocycles. The van der Waals surface area contributed by atoms with Crippen molar-refractivity contribution in [2.45, 2.75) is 69.7 Å². The maximum Gasteiger partial charge on any atom is 0.327 e. The van der Waals surface area contributed by atoms with Gasteiger partial charge in [-0.3, -0.25) is 9.59 Å². The highest BCUT2D eigenvalue weighted by Crippen LogP contribution is 2.36. The summed E-state index contributed by atoms with van der Waals surface area (Å²) in [5.74, 6) is -0.382. The molecule has 0 aliphatic heterocycles. The number of aliphatic hydroxyl groups excluding tert-OH is 1. The average Bonchev–Trinajstić information content (AvgIpc) is 2.70. The Morgan fingerprint density at radius 2 is 1.77 bits per heavy atom. The van der Waals surface area contributed by atoms with Crippen molar-refractivity contribution in [3.05, 3.63) is 0 Å². The van der Waals surface area contributed by atoms with Gasteiger partial charge in [0.2, 0.25) is 11.8 Å². The van der Waals surface area contributed by atoms with Crippen molar-refractivity contribution in [1.82, 2.24) is 10.6 Å². The Balaban J connectivity index is 4.52. The number of carboxylic acid groups (broad SMARTS) is 1. The predicted molar refractivity (Wildman–Crippen MR) is 132 cm³/mol. The summed E-state index contributed by atoms with van der Waals surface area (Å²) in [5.41, 5.74) is -1.27. The van der Waals surface area contributed by atoms with Crippen LogP contribution in [0.15, 0.2) is 0 Å². The van der Waals surface area contributed by atoms with Gasteiger partial charge in [0.15, 0.2) is 0 Å². The second-order valence-electron chi connectivity index (χ2n) is 7.08. The zero-order valence-electron chi connectivity index (χ0n) is 18.3. The number of hydrogen-bond acceptors (Lipinski definition) is 9. The number of carboxylic acids is 1. The minimum absolute atomic E-state index is 0.278. The first-order chi connectivity index (χ1) is 14.7. The van der Waals surface area contributed by atoms with Gasteiger partial charge in [-0.25, -0.2) is 4.79 Å². The van der Waals surface area contributed by atoms with Crippen LogP contribution in [0.25, 0.3) is 0 Å². The Labute approximate surface area is 200 Å². The van der Waals surface area contributed by atoms with Crippen LogP contribution in [0.1, 0.15) is 52.9 Å². The lowest BCUT2D eigenvalue weighted by Crippen LogP contribution is -2.54. The fraction of sp³-hybridized carbons (Fsp3) is 0.789. The number of nitrogens with one attached hydrogen (secondary N) is 2. The standard InChI is InChI=1S/C19H34N2O6S4/c1-4-5-6-7-16(31-30-13-19(11-22,12-23)21-15(3)25)8-9-28-29-10-17(18(26)27)20-14(2)24/h11,16-17,23H,4-10,12-13H2,1-3H3,(H,20,24)(H,21,25)(H,26,27). The molecule has 12 heteroatoms. The summed E-state index contributed by atoms with van der Waals surface area (Å²) in [6, 6.07) is -0.899. The third-order valence-electron chi connectivity index (χ3n) is 4.10. The van der Waals surface area contributed by atoms with E-state index in [0.717, 1.165) is 37.9 Å². The van der Waals surface area contributed by atoms with Gasteiger partial charge >= 0.3 is 5.97 Å². The normalized spacial score (nSPS) is 14.8. The molecule has 0 rings (SSSR count). The lowest BCUT2D eigenvalue weighted by atomic mass is 10.1. The minimum atomic E-state index is -1.27. The molecule has 2 amide bonds. The molecule has 3 atom stereocenters.